The molecule has 0 aliphatic rings. The van der Waals surface area contributed by atoms with Crippen LogP contribution < -0.4 is 10.6 Å². The highest BCUT2D eigenvalue weighted by Crippen LogP contribution is 2.30. The van der Waals surface area contributed by atoms with Crippen molar-refractivity contribution in [1.29, 1.82) is 0 Å². The maximum Gasteiger partial charge on any atom is 0.234 e. The van der Waals surface area contributed by atoms with Gasteiger partial charge >= 0.3 is 0 Å². The van der Waals surface area contributed by atoms with E-state index in [2.05, 4.69) is 38.1 Å². The third kappa shape index (κ3) is 5.26. The van der Waals surface area contributed by atoms with Gasteiger partial charge in [-0.2, -0.15) is 0 Å². The van der Waals surface area contributed by atoms with Gasteiger partial charge in [0.05, 0.1) is 5.75 Å². The number of carbonyl (C=O) groups excluding carboxylic acids is 2. The number of rotatable bonds is 8. The van der Waals surface area contributed by atoms with E-state index in [1.54, 1.807) is 4.57 Å². The van der Waals surface area contributed by atoms with Gasteiger partial charge in [0.15, 0.2) is 16.7 Å². The zero-order valence-corrected chi connectivity index (χ0v) is 18.8. The highest BCUT2D eigenvalue weighted by atomic mass is 32.2. The molecule has 2 amide bonds. The second kappa shape index (κ2) is 10.1. The van der Waals surface area contributed by atoms with E-state index in [9.17, 15) is 9.59 Å². The Morgan fingerprint density at radius 2 is 1.76 bits per heavy atom. The first kappa shape index (κ1) is 22.2. The Bertz CT molecular complexity index is 1250. The summed E-state index contributed by atoms with van der Waals surface area (Å²) in [6.45, 7) is 3.44. The Morgan fingerprint density at radius 1 is 1.00 bits per heavy atom. The highest BCUT2D eigenvalue weighted by Gasteiger charge is 2.24. The van der Waals surface area contributed by atoms with E-state index < -0.39 is 0 Å². The number of para-hydroxylation sites is 1. The zero-order valence-electron chi connectivity index (χ0n) is 18.0. The molecule has 0 atom stereocenters. The Balaban J connectivity index is 1.58. The normalized spacial score (nSPS) is 10.7. The van der Waals surface area contributed by atoms with Crippen LogP contribution in [0.15, 0.2) is 64.4 Å². The van der Waals surface area contributed by atoms with Gasteiger partial charge < -0.3 is 10.6 Å². The molecule has 168 valence electrons. The van der Waals surface area contributed by atoms with Crippen molar-refractivity contribution in [3.05, 3.63) is 60.2 Å². The number of carbonyl (C=O) groups is 2. The molecule has 2 heterocycles. The minimum Gasteiger partial charge on any atom is -0.325 e. The molecule has 4 rings (SSSR count). The van der Waals surface area contributed by atoms with Crippen LogP contribution in [0.5, 0.6) is 0 Å². The van der Waals surface area contributed by atoms with Gasteiger partial charge in [-0.1, -0.05) is 49.0 Å². The van der Waals surface area contributed by atoms with Gasteiger partial charge in [-0.05, 0) is 46.6 Å². The molecule has 0 aliphatic carbocycles. The van der Waals surface area contributed by atoms with Crippen LogP contribution in [0.4, 0.5) is 11.5 Å². The summed E-state index contributed by atoms with van der Waals surface area (Å²) in [6.07, 6.45) is 0.937. The minimum atomic E-state index is -0.323. The van der Waals surface area contributed by atoms with E-state index in [1.165, 1.54) is 24.2 Å². The molecule has 33 heavy (non-hydrogen) atoms. The predicted octanol–water partition coefficient (Wildman–Crippen LogP) is 3.57. The van der Waals surface area contributed by atoms with Crippen LogP contribution in [-0.2, 0) is 16.0 Å². The number of nitrogens with one attached hydrogen (secondary N) is 2. The zero-order chi connectivity index (χ0) is 23.2. The van der Waals surface area contributed by atoms with Gasteiger partial charge in [0.1, 0.15) is 0 Å². The number of aryl methyl sites for hydroxylation is 1. The first-order valence-electron chi connectivity index (χ1n) is 10.2. The molecule has 2 N–H and O–H groups in total. The Morgan fingerprint density at radius 3 is 2.45 bits per heavy atom. The third-order valence-electron chi connectivity index (χ3n) is 4.62. The molecule has 0 unspecified atom stereocenters. The summed E-state index contributed by atoms with van der Waals surface area (Å²) in [5.74, 6) is 0.0865. The number of nitrogens with zero attached hydrogens (tertiary/aromatic N) is 5. The van der Waals surface area contributed by atoms with E-state index in [0.717, 1.165) is 17.8 Å². The maximum atomic E-state index is 12.5. The summed E-state index contributed by atoms with van der Waals surface area (Å²) in [5.41, 5.74) is 2.92. The molecule has 11 heteroatoms. The average molecular weight is 464 g/mol. The van der Waals surface area contributed by atoms with Crippen molar-refractivity contribution in [1.82, 2.24) is 25.1 Å². The van der Waals surface area contributed by atoms with Crippen LogP contribution in [0.3, 0.4) is 0 Å². The second-order valence-electron chi connectivity index (χ2n) is 7.01. The predicted molar refractivity (Wildman–Crippen MR) is 124 cm³/mol. The van der Waals surface area contributed by atoms with E-state index in [4.69, 9.17) is 4.63 Å². The number of aromatic nitrogens is 5. The fraction of sp³-hybridized carbons (Fsp3) is 0.182. The molecule has 2 aromatic carbocycles. The molecule has 0 fully saturated rings. The van der Waals surface area contributed by atoms with Crippen LogP contribution in [-0.4, -0.2) is 42.6 Å². The van der Waals surface area contributed by atoms with Crippen molar-refractivity contribution >= 4 is 35.1 Å². The van der Waals surface area contributed by atoms with E-state index in [0.29, 0.717) is 11.0 Å². The van der Waals surface area contributed by atoms with Gasteiger partial charge in [0, 0.05) is 18.3 Å². The summed E-state index contributed by atoms with van der Waals surface area (Å²) < 4.78 is 6.55. The lowest BCUT2D eigenvalue weighted by Crippen LogP contribution is -2.14. The summed E-state index contributed by atoms with van der Waals surface area (Å²) in [6, 6.07) is 17.1. The fourth-order valence-electron chi connectivity index (χ4n) is 3.06. The van der Waals surface area contributed by atoms with Gasteiger partial charge in [-0.25, -0.2) is 4.63 Å². The smallest absolute Gasteiger partial charge is 0.234 e. The molecule has 10 nitrogen and oxygen atoms in total. The maximum absolute atomic E-state index is 12.5. The van der Waals surface area contributed by atoms with Crippen LogP contribution in [0, 0.1) is 0 Å². The fourth-order valence-corrected chi connectivity index (χ4v) is 3.81. The lowest BCUT2D eigenvalue weighted by Gasteiger charge is -2.10. The topological polar surface area (TPSA) is 128 Å². The van der Waals surface area contributed by atoms with Crippen molar-refractivity contribution in [2.24, 2.45) is 0 Å². The van der Waals surface area contributed by atoms with Crippen LogP contribution >= 0.6 is 11.8 Å². The number of thioether (sulfide) groups is 1. The molecule has 4 aromatic rings. The number of hydrogen-bond donors (Lipinski definition) is 2. The standard InChI is InChI=1S/C22H21N7O3S/c1-3-15-9-11-16(12-10-15)24-18(31)13-33-22-26-25-21(29(22)17-7-5-4-6-8-17)19-20(23-14(2)30)28-32-27-19/h4-12H,3,13H2,1-2H3,(H,24,31)(H,23,28,30). The van der Waals surface area contributed by atoms with Crippen molar-refractivity contribution in [3.63, 3.8) is 0 Å². The second-order valence-corrected chi connectivity index (χ2v) is 7.95. The lowest BCUT2D eigenvalue weighted by atomic mass is 10.1. The van der Waals surface area contributed by atoms with Gasteiger partial charge in [0.25, 0.3) is 0 Å². The molecular weight excluding hydrogens is 442 g/mol. The van der Waals surface area contributed by atoms with Crippen LogP contribution in [0.1, 0.15) is 19.4 Å². The third-order valence-corrected chi connectivity index (χ3v) is 5.55. The van der Waals surface area contributed by atoms with Gasteiger partial charge in [-0.3, -0.25) is 14.2 Å². The van der Waals surface area contributed by atoms with E-state index in [-0.39, 0.29) is 29.1 Å². The summed E-state index contributed by atoms with van der Waals surface area (Å²) >= 11 is 1.23. The first-order valence-corrected chi connectivity index (χ1v) is 11.2. The largest absolute Gasteiger partial charge is 0.325 e. The molecular formula is C22H21N7O3S. The highest BCUT2D eigenvalue weighted by molar-refractivity contribution is 7.99. The van der Waals surface area contributed by atoms with Gasteiger partial charge in [0.2, 0.25) is 17.6 Å². The van der Waals surface area contributed by atoms with Crippen LogP contribution in [0.25, 0.3) is 17.2 Å². The number of benzene rings is 2. The Kier molecular flexibility index (Phi) is 6.79. The lowest BCUT2D eigenvalue weighted by molar-refractivity contribution is -0.114. The quantitative estimate of drug-likeness (QED) is 0.380. The molecule has 0 saturated carbocycles. The molecule has 0 aliphatic heterocycles. The molecule has 2 aromatic heterocycles. The van der Waals surface area contributed by atoms with Crippen LogP contribution in [0.2, 0.25) is 0 Å². The van der Waals surface area contributed by atoms with Crippen molar-refractivity contribution in [3.8, 4) is 17.2 Å². The number of amides is 2. The van der Waals surface area contributed by atoms with E-state index >= 15 is 0 Å². The minimum absolute atomic E-state index is 0.121. The molecule has 0 spiro atoms. The van der Waals surface area contributed by atoms with Crippen molar-refractivity contribution in [2.75, 3.05) is 16.4 Å². The molecule has 0 bridgehead atoms. The summed E-state index contributed by atoms with van der Waals surface area (Å²) in [7, 11) is 0. The van der Waals surface area contributed by atoms with E-state index in [1.807, 2.05) is 54.6 Å². The SMILES string of the molecule is CCc1ccc(NC(=O)CSc2nnc(-c3nonc3NC(C)=O)n2-c2ccccc2)cc1. The first-order chi connectivity index (χ1) is 16.0. The van der Waals surface area contributed by atoms with Crippen molar-refractivity contribution in [2.45, 2.75) is 25.4 Å². The Labute approximate surface area is 193 Å². The Hall–Kier alpha value is -3.99. The molecule has 0 saturated heterocycles. The number of hydrogen-bond acceptors (Lipinski definition) is 8. The van der Waals surface area contributed by atoms with Crippen molar-refractivity contribution < 1.29 is 14.2 Å². The number of anilines is 2. The summed E-state index contributed by atoms with van der Waals surface area (Å²) in [5, 5.41) is 22.0. The van der Waals surface area contributed by atoms with Gasteiger partial charge in [-0.15, -0.1) is 10.2 Å². The average Bonchev–Trinajstić information content (AvgIpc) is 3.45. The summed E-state index contributed by atoms with van der Waals surface area (Å²) in [4.78, 5) is 24.0. The molecule has 0 radical (unpaired) electrons. The monoisotopic (exact) mass is 463 g/mol.